The predicted molar refractivity (Wildman–Crippen MR) is 53.0 cm³/mol. The van der Waals surface area contributed by atoms with Gasteiger partial charge in [0, 0.05) is 18.7 Å². The maximum Gasteiger partial charge on any atom is 0.309 e. The third-order valence-electron chi connectivity index (χ3n) is 2.66. The first kappa shape index (κ1) is 11.5. The molecule has 1 aliphatic rings. The molecule has 14 heavy (non-hydrogen) atoms. The zero-order chi connectivity index (χ0) is 10.6. The highest BCUT2D eigenvalue weighted by Crippen LogP contribution is 2.17. The predicted octanol–water partition coefficient (Wildman–Crippen LogP) is 0.564. The summed E-state index contributed by atoms with van der Waals surface area (Å²) in [5.74, 6) is -0.266. The van der Waals surface area contributed by atoms with E-state index in [1.54, 1.807) is 0 Å². The van der Waals surface area contributed by atoms with Gasteiger partial charge in [-0.05, 0) is 13.3 Å². The molecule has 0 aromatic carbocycles. The van der Waals surface area contributed by atoms with Crippen LogP contribution in [0.2, 0.25) is 0 Å². The van der Waals surface area contributed by atoms with Crippen LogP contribution in [0.3, 0.4) is 0 Å². The fourth-order valence-corrected chi connectivity index (χ4v) is 1.49. The lowest BCUT2D eigenvalue weighted by molar-refractivity contribution is -0.144. The number of esters is 1. The molecule has 0 spiro atoms. The Hall–Kier alpha value is -0.610. The molecule has 0 radical (unpaired) electrons. The summed E-state index contributed by atoms with van der Waals surface area (Å²) in [6.45, 7) is 6.14. The van der Waals surface area contributed by atoms with Crippen molar-refractivity contribution in [2.45, 2.75) is 25.8 Å². The van der Waals surface area contributed by atoms with E-state index in [1.807, 2.05) is 6.92 Å². The summed E-state index contributed by atoms with van der Waals surface area (Å²) in [7, 11) is 1.42. The van der Waals surface area contributed by atoms with Gasteiger partial charge in [0.05, 0.1) is 19.6 Å². The highest BCUT2D eigenvalue weighted by molar-refractivity contribution is 5.72. The molecule has 1 aliphatic heterocycles. The van der Waals surface area contributed by atoms with Crippen LogP contribution in [0.25, 0.3) is 0 Å². The molecule has 2 atom stereocenters. The van der Waals surface area contributed by atoms with Crippen LogP contribution in [0.4, 0.5) is 0 Å². The summed E-state index contributed by atoms with van der Waals surface area (Å²) in [4.78, 5) is 11.1. The quantitative estimate of drug-likeness (QED) is 0.675. The molecule has 1 heterocycles. The molecule has 1 saturated heterocycles. The Labute approximate surface area is 85.0 Å². The van der Waals surface area contributed by atoms with Gasteiger partial charge in [0.1, 0.15) is 0 Å². The van der Waals surface area contributed by atoms with Gasteiger partial charge in [-0.15, -0.1) is 0 Å². The fraction of sp³-hybridized carbons (Fsp3) is 0.900. The molecule has 0 saturated carbocycles. The van der Waals surface area contributed by atoms with E-state index in [9.17, 15) is 4.79 Å². The first-order valence-corrected chi connectivity index (χ1v) is 4.98. The van der Waals surface area contributed by atoms with Crippen LogP contribution in [0.15, 0.2) is 0 Å². The number of hydrogen-bond acceptors (Lipinski definition) is 4. The van der Waals surface area contributed by atoms with E-state index in [-0.39, 0.29) is 17.4 Å². The van der Waals surface area contributed by atoms with Crippen molar-refractivity contribution in [2.75, 3.05) is 26.9 Å². The van der Waals surface area contributed by atoms with Crippen molar-refractivity contribution in [1.29, 1.82) is 0 Å². The van der Waals surface area contributed by atoms with Gasteiger partial charge in [0.25, 0.3) is 0 Å². The Morgan fingerprint density at radius 2 is 2.43 bits per heavy atom. The van der Waals surface area contributed by atoms with Crippen LogP contribution in [0, 0.1) is 5.92 Å². The number of carbonyl (C=O) groups is 1. The van der Waals surface area contributed by atoms with Crippen molar-refractivity contribution in [3.05, 3.63) is 0 Å². The summed E-state index contributed by atoms with van der Waals surface area (Å²) in [6, 6.07) is 0. The van der Waals surface area contributed by atoms with E-state index < -0.39 is 0 Å². The van der Waals surface area contributed by atoms with Crippen molar-refractivity contribution < 1.29 is 14.3 Å². The van der Waals surface area contributed by atoms with E-state index >= 15 is 0 Å². The molecular formula is C10H19NO3. The van der Waals surface area contributed by atoms with Gasteiger partial charge in [-0.1, -0.05) is 6.92 Å². The van der Waals surface area contributed by atoms with Crippen molar-refractivity contribution in [3.8, 4) is 0 Å². The van der Waals surface area contributed by atoms with Crippen LogP contribution in [-0.4, -0.2) is 38.4 Å². The first-order valence-electron chi connectivity index (χ1n) is 4.98. The first-order chi connectivity index (χ1) is 6.57. The lowest BCUT2D eigenvalue weighted by atomic mass is 10.0. The van der Waals surface area contributed by atoms with Crippen LogP contribution in [0.1, 0.15) is 20.3 Å². The lowest BCUT2D eigenvalue weighted by Crippen LogP contribution is -2.45. The van der Waals surface area contributed by atoms with Gasteiger partial charge >= 0.3 is 5.97 Å². The summed E-state index contributed by atoms with van der Waals surface area (Å²) >= 11 is 0. The molecule has 82 valence electrons. The van der Waals surface area contributed by atoms with E-state index in [4.69, 9.17) is 4.74 Å². The normalized spacial score (nSPS) is 28.8. The fourth-order valence-electron chi connectivity index (χ4n) is 1.49. The maximum atomic E-state index is 11.1. The average molecular weight is 201 g/mol. The van der Waals surface area contributed by atoms with Gasteiger partial charge in [-0.2, -0.15) is 0 Å². The van der Waals surface area contributed by atoms with Crippen molar-refractivity contribution in [1.82, 2.24) is 5.32 Å². The lowest BCUT2D eigenvalue weighted by Gasteiger charge is -2.25. The number of ether oxygens (including phenoxy) is 2. The number of methoxy groups -OCH3 is 1. The third kappa shape index (κ3) is 2.96. The Bertz CT molecular complexity index is 200. The van der Waals surface area contributed by atoms with Gasteiger partial charge in [-0.3, -0.25) is 4.79 Å². The molecule has 0 aliphatic carbocycles. The molecule has 4 nitrogen and oxygen atoms in total. The number of hydrogen-bond donors (Lipinski definition) is 1. The molecule has 4 heteroatoms. The number of carbonyl (C=O) groups excluding carboxylic acids is 1. The van der Waals surface area contributed by atoms with E-state index in [0.717, 1.165) is 19.6 Å². The summed E-state index contributed by atoms with van der Waals surface area (Å²) in [5, 5.41) is 3.35. The summed E-state index contributed by atoms with van der Waals surface area (Å²) in [5.41, 5.74) is 0.0300. The Kier molecular flexibility index (Phi) is 3.89. The standard InChI is InChI=1S/C10H19NO3/c1-8(9(12)13-3)6-11-10(2)4-5-14-7-10/h8,11H,4-7H2,1-3H3. The topological polar surface area (TPSA) is 47.6 Å². The van der Waals surface area contributed by atoms with Gasteiger partial charge in [0.15, 0.2) is 0 Å². The van der Waals surface area contributed by atoms with E-state index in [0.29, 0.717) is 6.54 Å². The second-order valence-corrected chi connectivity index (χ2v) is 4.17. The molecule has 1 N–H and O–H groups in total. The second kappa shape index (κ2) is 4.75. The summed E-state index contributed by atoms with van der Waals surface area (Å²) in [6.07, 6.45) is 1.00. The van der Waals surface area contributed by atoms with Gasteiger partial charge in [0.2, 0.25) is 0 Å². The van der Waals surface area contributed by atoms with Gasteiger partial charge < -0.3 is 14.8 Å². The zero-order valence-electron chi connectivity index (χ0n) is 9.13. The molecule has 2 unspecified atom stereocenters. The minimum absolute atomic E-state index is 0.0300. The van der Waals surface area contributed by atoms with Crippen molar-refractivity contribution in [2.24, 2.45) is 5.92 Å². The number of nitrogens with one attached hydrogen (secondary N) is 1. The minimum Gasteiger partial charge on any atom is -0.469 e. The second-order valence-electron chi connectivity index (χ2n) is 4.17. The monoisotopic (exact) mass is 201 g/mol. The SMILES string of the molecule is COC(=O)C(C)CNC1(C)CCOC1. The third-order valence-corrected chi connectivity index (χ3v) is 2.66. The molecule has 0 amide bonds. The molecule has 1 rings (SSSR count). The zero-order valence-corrected chi connectivity index (χ0v) is 9.13. The molecular weight excluding hydrogens is 182 g/mol. The number of rotatable bonds is 4. The molecule has 0 bridgehead atoms. The molecule has 0 aromatic rings. The van der Waals surface area contributed by atoms with Crippen LogP contribution >= 0.6 is 0 Å². The Morgan fingerprint density at radius 3 is 2.93 bits per heavy atom. The smallest absolute Gasteiger partial charge is 0.309 e. The van der Waals surface area contributed by atoms with Crippen molar-refractivity contribution in [3.63, 3.8) is 0 Å². The minimum atomic E-state index is -0.167. The highest BCUT2D eigenvalue weighted by atomic mass is 16.5. The summed E-state index contributed by atoms with van der Waals surface area (Å²) < 4.78 is 9.95. The van der Waals surface area contributed by atoms with Crippen LogP contribution in [0.5, 0.6) is 0 Å². The molecule has 1 fully saturated rings. The van der Waals surface area contributed by atoms with E-state index in [2.05, 4.69) is 17.0 Å². The average Bonchev–Trinajstić information content (AvgIpc) is 2.61. The van der Waals surface area contributed by atoms with Crippen molar-refractivity contribution >= 4 is 5.97 Å². The van der Waals surface area contributed by atoms with Crippen LogP contribution < -0.4 is 5.32 Å². The largest absolute Gasteiger partial charge is 0.469 e. The van der Waals surface area contributed by atoms with Gasteiger partial charge in [-0.25, -0.2) is 0 Å². The highest BCUT2D eigenvalue weighted by Gasteiger charge is 2.30. The Balaban J connectivity index is 2.28. The maximum absolute atomic E-state index is 11.1. The van der Waals surface area contributed by atoms with Crippen LogP contribution in [-0.2, 0) is 14.3 Å². The van der Waals surface area contributed by atoms with E-state index in [1.165, 1.54) is 7.11 Å². The molecule has 0 aromatic heterocycles. The Morgan fingerprint density at radius 1 is 1.71 bits per heavy atom.